The zero-order chi connectivity index (χ0) is 27.8. The number of carbonyl (C=O) groups is 1. The molecule has 1 N–H and O–H groups in total. The largest absolute Gasteiger partial charge is 0.349 e. The van der Waals surface area contributed by atoms with E-state index >= 15 is 0 Å². The first kappa shape index (κ1) is 26.1. The molecule has 6 rings (SSSR count). The highest BCUT2D eigenvalue weighted by Crippen LogP contribution is 2.28. The standard InChI is InChI=1S/C31H31ClN6O2/c1-20-27(15-24(32)17-33-20)30(39)35-25-12-10-21(11-13-25)18-37-28-8-3-4-9-29(28)38(31(37)40)26-7-5-6-22(14-26)23-16-34-36(2)19-23/h3-9,14-17,19,21,25H,10-13,18H2,1-2H3,(H,35,39). The van der Waals surface area contributed by atoms with Gasteiger partial charge in [-0.2, -0.15) is 5.10 Å². The Labute approximate surface area is 237 Å². The highest BCUT2D eigenvalue weighted by atomic mass is 35.5. The summed E-state index contributed by atoms with van der Waals surface area (Å²) in [5.74, 6) is 0.213. The molecular formula is C31H31ClN6O2. The number of aromatic nitrogens is 5. The molecule has 8 nitrogen and oxygen atoms in total. The van der Waals surface area contributed by atoms with Gasteiger partial charge < -0.3 is 5.32 Å². The van der Waals surface area contributed by atoms with Crippen LogP contribution in [0.15, 0.2) is 78.0 Å². The van der Waals surface area contributed by atoms with Crippen LogP contribution in [0, 0.1) is 12.8 Å². The Balaban J connectivity index is 1.20. The molecule has 1 fully saturated rings. The fraction of sp³-hybridized carbons (Fsp3) is 0.290. The lowest BCUT2D eigenvalue weighted by molar-refractivity contribution is 0.0919. The van der Waals surface area contributed by atoms with Crippen LogP contribution in [0.3, 0.4) is 0 Å². The number of aryl methyl sites for hydroxylation is 2. The number of nitrogens with zero attached hydrogens (tertiary/aromatic N) is 5. The Morgan fingerprint density at radius 2 is 1.77 bits per heavy atom. The lowest BCUT2D eigenvalue weighted by atomic mass is 9.85. The molecule has 0 aliphatic heterocycles. The third-order valence-electron chi connectivity index (χ3n) is 7.90. The Hall–Kier alpha value is -4.17. The molecule has 204 valence electrons. The maximum absolute atomic E-state index is 13.9. The molecule has 0 unspecified atom stereocenters. The number of amides is 1. The van der Waals surface area contributed by atoms with Crippen molar-refractivity contribution < 1.29 is 4.79 Å². The number of hydrogen-bond acceptors (Lipinski definition) is 4. The van der Waals surface area contributed by atoms with Crippen molar-refractivity contribution in [3.8, 4) is 16.8 Å². The molecule has 3 heterocycles. The normalized spacial score (nSPS) is 17.3. The third-order valence-corrected chi connectivity index (χ3v) is 8.11. The number of hydrogen-bond donors (Lipinski definition) is 1. The van der Waals surface area contributed by atoms with E-state index < -0.39 is 0 Å². The summed E-state index contributed by atoms with van der Waals surface area (Å²) in [5, 5.41) is 7.90. The number of carbonyl (C=O) groups excluding carboxylic acids is 1. The molecule has 1 saturated carbocycles. The van der Waals surface area contributed by atoms with Crippen LogP contribution < -0.4 is 11.0 Å². The first-order valence-corrected chi connectivity index (χ1v) is 14.0. The predicted molar refractivity (Wildman–Crippen MR) is 157 cm³/mol. The summed E-state index contributed by atoms with van der Waals surface area (Å²) in [6, 6.07) is 17.8. The summed E-state index contributed by atoms with van der Waals surface area (Å²) < 4.78 is 5.49. The van der Waals surface area contributed by atoms with Gasteiger partial charge in [0.15, 0.2) is 0 Å². The van der Waals surface area contributed by atoms with Gasteiger partial charge in [0.1, 0.15) is 0 Å². The second-order valence-electron chi connectivity index (χ2n) is 10.6. The molecule has 1 aliphatic carbocycles. The second-order valence-corrected chi connectivity index (χ2v) is 11.1. The van der Waals surface area contributed by atoms with E-state index in [1.165, 1.54) is 0 Å². The maximum Gasteiger partial charge on any atom is 0.333 e. The quantitative estimate of drug-likeness (QED) is 0.299. The van der Waals surface area contributed by atoms with Crippen molar-refractivity contribution in [1.29, 1.82) is 0 Å². The van der Waals surface area contributed by atoms with Crippen molar-refractivity contribution in [1.82, 2.24) is 29.2 Å². The topological polar surface area (TPSA) is 86.7 Å². The van der Waals surface area contributed by atoms with Crippen LogP contribution in [0.2, 0.25) is 5.02 Å². The van der Waals surface area contributed by atoms with Crippen molar-refractivity contribution in [2.24, 2.45) is 13.0 Å². The van der Waals surface area contributed by atoms with Gasteiger partial charge in [0, 0.05) is 37.6 Å². The maximum atomic E-state index is 13.9. The van der Waals surface area contributed by atoms with E-state index in [1.807, 2.05) is 84.0 Å². The van der Waals surface area contributed by atoms with E-state index in [2.05, 4.69) is 15.4 Å². The fourth-order valence-corrected chi connectivity index (χ4v) is 5.94. The van der Waals surface area contributed by atoms with E-state index in [1.54, 1.807) is 16.9 Å². The molecular weight excluding hydrogens is 524 g/mol. The second kappa shape index (κ2) is 10.8. The van der Waals surface area contributed by atoms with Crippen molar-refractivity contribution in [3.63, 3.8) is 0 Å². The Kier molecular flexibility index (Phi) is 7.02. The molecule has 3 aromatic heterocycles. The van der Waals surface area contributed by atoms with Crippen LogP contribution in [0.25, 0.3) is 27.8 Å². The summed E-state index contributed by atoms with van der Waals surface area (Å²) in [6.07, 6.45) is 8.94. The molecule has 9 heteroatoms. The molecule has 40 heavy (non-hydrogen) atoms. The summed E-state index contributed by atoms with van der Waals surface area (Å²) >= 11 is 6.06. The lowest BCUT2D eigenvalue weighted by Crippen LogP contribution is -2.39. The van der Waals surface area contributed by atoms with Crippen molar-refractivity contribution in [2.75, 3.05) is 0 Å². The van der Waals surface area contributed by atoms with Gasteiger partial charge in [-0.15, -0.1) is 0 Å². The van der Waals surface area contributed by atoms with Gasteiger partial charge in [0.2, 0.25) is 0 Å². The average Bonchev–Trinajstić information content (AvgIpc) is 3.52. The summed E-state index contributed by atoms with van der Waals surface area (Å²) in [5.41, 5.74) is 5.81. The number of imidazole rings is 1. The van der Waals surface area contributed by atoms with E-state index in [4.69, 9.17) is 11.6 Å². The van der Waals surface area contributed by atoms with Crippen LogP contribution >= 0.6 is 11.6 Å². The number of rotatable bonds is 6. The summed E-state index contributed by atoms with van der Waals surface area (Å²) in [7, 11) is 1.89. The van der Waals surface area contributed by atoms with Gasteiger partial charge in [-0.25, -0.2) is 4.79 Å². The molecule has 0 saturated heterocycles. The van der Waals surface area contributed by atoms with Crippen LogP contribution in [-0.2, 0) is 13.6 Å². The van der Waals surface area contributed by atoms with E-state index in [9.17, 15) is 9.59 Å². The number of benzene rings is 2. The zero-order valence-corrected chi connectivity index (χ0v) is 23.3. The van der Waals surface area contributed by atoms with Crippen LogP contribution in [0.4, 0.5) is 0 Å². The number of fused-ring (bicyclic) bond motifs is 1. The zero-order valence-electron chi connectivity index (χ0n) is 22.5. The molecule has 0 bridgehead atoms. The van der Waals surface area contributed by atoms with Gasteiger partial charge in [-0.05, 0) is 74.4 Å². The van der Waals surface area contributed by atoms with Gasteiger partial charge in [-0.1, -0.05) is 35.9 Å². The van der Waals surface area contributed by atoms with Gasteiger partial charge in [0.05, 0.1) is 39.2 Å². The molecule has 1 amide bonds. The highest BCUT2D eigenvalue weighted by Gasteiger charge is 2.26. The SMILES string of the molecule is Cc1ncc(Cl)cc1C(=O)NC1CCC(Cn2c(=O)n(-c3cccc(-c4cnn(C)c4)c3)c3ccccc32)CC1. The molecule has 0 spiro atoms. The minimum absolute atomic E-state index is 0.0381. The Morgan fingerprint density at radius 1 is 1.00 bits per heavy atom. The number of para-hydroxylation sites is 2. The molecule has 1 aliphatic rings. The Bertz CT molecular complexity index is 1760. The molecule has 2 aromatic carbocycles. The predicted octanol–water partition coefficient (Wildman–Crippen LogP) is 5.54. The van der Waals surface area contributed by atoms with Crippen molar-refractivity contribution in [3.05, 3.63) is 100.0 Å². The van der Waals surface area contributed by atoms with Crippen LogP contribution in [-0.4, -0.2) is 35.8 Å². The first-order chi connectivity index (χ1) is 19.4. The molecule has 5 aromatic rings. The Morgan fingerprint density at radius 3 is 2.52 bits per heavy atom. The van der Waals surface area contributed by atoms with E-state index in [-0.39, 0.29) is 17.6 Å². The third kappa shape index (κ3) is 5.07. The van der Waals surface area contributed by atoms with Crippen molar-refractivity contribution >= 4 is 28.5 Å². The fourth-order valence-electron chi connectivity index (χ4n) is 5.78. The van der Waals surface area contributed by atoms with Gasteiger partial charge in [-0.3, -0.25) is 23.6 Å². The van der Waals surface area contributed by atoms with Gasteiger partial charge >= 0.3 is 5.69 Å². The molecule has 0 atom stereocenters. The minimum atomic E-state index is -0.135. The van der Waals surface area contributed by atoms with Crippen molar-refractivity contribution in [2.45, 2.75) is 45.2 Å². The van der Waals surface area contributed by atoms with E-state index in [0.717, 1.165) is 53.5 Å². The summed E-state index contributed by atoms with van der Waals surface area (Å²) in [6.45, 7) is 2.46. The minimum Gasteiger partial charge on any atom is -0.349 e. The number of nitrogens with one attached hydrogen (secondary N) is 1. The van der Waals surface area contributed by atoms with E-state index in [0.29, 0.717) is 28.7 Å². The van der Waals surface area contributed by atoms with Crippen LogP contribution in [0.5, 0.6) is 0 Å². The molecule has 0 radical (unpaired) electrons. The van der Waals surface area contributed by atoms with Crippen LogP contribution in [0.1, 0.15) is 41.7 Å². The lowest BCUT2D eigenvalue weighted by Gasteiger charge is -2.29. The smallest absolute Gasteiger partial charge is 0.333 e. The van der Waals surface area contributed by atoms with Gasteiger partial charge in [0.25, 0.3) is 5.91 Å². The first-order valence-electron chi connectivity index (χ1n) is 13.6. The average molecular weight is 555 g/mol. The summed E-state index contributed by atoms with van der Waals surface area (Å²) in [4.78, 5) is 30.9. The number of pyridine rings is 1. The number of halogens is 1. The monoisotopic (exact) mass is 554 g/mol. The highest BCUT2D eigenvalue weighted by molar-refractivity contribution is 6.30.